The molecule has 0 fully saturated rings. The van der Waals surface area contributed by atoms with E-state index in [1.807, 2.05) is 25.1 Å². The quantitative estimate of drug-likeness (QED) is 0.0589. The number of ether oxygens (including phenoxy) is 2. The molecule has 0 aliphatic rings. The van der Waals surface area contributed by atoms with Gasteiger partial charge in [0.1, 0.15) is 45.2 Å². The number of nitro groups is 1. The van der Waals surface area contributed by atoms with E-state index in [2.05, 4.69) is 15.6 Å². The van der Waals surface area contributed by atoms with Crippen LogP contribution in [-0.2, 0) is 6.18 Å². The maximum Gasteiger partial charge on any atom is 0.416 e. The number of nitrogens with one attached hydrogen (secondary N) is 2. The minimum atomic E-state index is -4.57. The Labute approximate surface area is 349 Å². The van der Waals surface area contributed by atoms with Crippen molar-refractivity contribution in [1.29, 1.82) is 0 Å². The van der Waals surface area contributed by atoms with Crippen LogP contribution in [0.5, 0.6) is 23.1 Å². The molecule has 0 bridgehead atoms. The summed E-state index contributed by atoms with van der Waals surface area (Å²) in [5, 5.41) is 16.3. The summed E-state index contributed by atoms with van der Waals surface area (Å²) < 4.78 is 76.0. The molecule has 4 N–H and O–H groups in total. The van der Waals surface area contributed by atoms with Gasteiger partial charge in [-0.2, -0.15) is 13.2 Å². The average molecular weight is 872 g/mol. The summed E-state index contributed by atoms with van der Waals surface area (Å²) in [5.74, 6) is -2.24. The van der Waals surface area contributed by atoms with Crippen LogP contribution in [0.15, 0.2) is 121 Å². The third kappa shape index (κ3) is 13.0. The molecule has 0 aliphatic carbocycles. The number of nitro benzene ring substituents is 1. The number of aryl methyl sites for hydroxylation is 1. The first-order valence-corrected chi connectivity index (χ1v) is 17.9. The largest absolute Gasteiger partial charge is 0.456 e. The minimum Gasteiger partial charge on any atom is -0.456 e. The van der Waals surface area contributed by atoms with Crippen LogP contribution in [0.3, 0.4) is 0 Å². The number of benzene rings is 5. The molecule has 0 saturated heterocycles. The van der Waals surface area contributed by atoms with Gasteiger partial charge in [-0.3, -0.25) is 14.9 Å². The number of carbonyl (C=O) groups excluding carboxylic acids is 2. The van der Waals surface area contributed by atoms with Gasteiger partial charge in [0.05, 0.1) is 16.2 Å². The van der Waals surface area contributed by atoms with Gasteiger partial charge in [-0.25, -0.2) is 18.6 Å². The van der Waals surface area contributed by atoms with E-state index in [-0.39, 0.29) is 51.1 Å². The van der Waals surface area contributed by atoms with Gasteiger partial charge < -0.3 is 30.7 Å². The van der Waals surface area contributed by atoms with E-state index >= 15 is 0 Å². The van der Waals surface area contributed by atoms with Gasteiger partial charge >= 0.3 is 12.2 Å². The van der Waals surface area contributed by atoms with Gasteiger partial charge in [0, 0.05) is 43.1 Å². The van der Waals surface area contributed by atoms with Crippen molar-refractivity contribution < 1.29 is 45.9 Å². The van der Waals surface area contributed by atoms with E-state index < -0.39 is 34.2 Å². The van der Waals surface area contributed by atoms with Gasteiger partial charge in [0.2, 0.25) is 5.88 Å². The van der Waals surface area contributed by atoms with Crippen molar-refractivity contribution in [1.82, 2.24) is 9.88 Å². The van der Waals surface area contributed by atoms with E-state index in [0.717, 1.165) is 35.9 Å². The number of nitrogen functional groups attached to an aromatic ring is 1. The molecule has 0 atom stereocenters. The molecule has 6 rings (SSSR count). The molecule has 1 heterocycles. The van der Waals surface area contributed by atoms with Crippen LogP contribution in [0.2, 0.25) is 10.0 Å². The molecule has 0 saturated carbocycles. The topological polar surface area (TPSA) is 162 Å². The molecule has 19 heteroatoms. The number of carbonyl (C=O) groups is 2. The van der Waals surface area contributed by atoms with Crippen molar-refractivity contribution in [3.8, 4) is 23.1 Å². The standard InChI is InChI=1S/C19H11F5N2O2.C12H9ClN2O3.C10H13ClN2O/c20-12-6-7-16(15(21)10-12)26-17(27)14-5-2-8-25-18(14)28-13-4-1-3-11(9-13)19(22,23)24;13-11-10(18-8-4-2-1-3-5-8)7-6-9(12(11)14)15(16)17;1-7-4-5-8(6-9(7)11)12-10(14)13(2)3/h1-10H,(H,26,27);1-7H,14H2;4-6H,1-3H3,(H,12,14). The highest BCUT2D eigenvalue weighted by Gasteiger charge is 2.31. The van der Waals surface area contributed by atoms with Gasteiger partial charge in [0.15, 0.2) is 0 Å². The number of halogens is 7. The summed E-state index contributed by atoms with van der Waals surface area (Å²) >= 11 is 11.8. The smallest absolute Gasteiger partial charge is 0.416 e. The van der Waals surface area contributed by atoms with E-state index in [0.29, 0.717) is 22.5 Å². The van der Waals surface area contributed by atoms with E-state index in [1.165, 1.54) is 41.4 Å². The fraction of sp³-hybridized carbons (Fsp3) is 0.0976. The SMILES string of the molecule is Cc1ccc(NC(=O)N(C)C)cc1Cl.Nc1c([N+](=O)[O-])ccc(Oc2ccccc2)c1Cl.O=C(Nc1ccc(F)cc1F)c1cccnc1Oc1cccc(C(F)(F)F)c1. The Morgan fingerprint density at radius 1 is 0.833 bits per heavy atom. The zero-order chi connectivity index (χ0) is 44.1. The molecule has 312 valence electrons. The number of aromatic nitrogens is 1. The highest BCUT2D eigenvalue weighted by atomic mass is 35.5. The zero-order valence-electron chi connectivity index (χ0n) is 31.6. The second-order valence-electron chi connectivity index (χ2n) is 12.3. The highest BCUT2D eigenvalue weighted by molar-refractivity contribution is 6.35. The van der Waals surface area contributed by atoms with E-state index in [4.69, 9.17) is 38.4 Å². The third-order valence-corrected chi connectivity index (χ3v) is 8.49. The predicted octanol–water partition coefficient (Wildman–Crippen LogP) is 11.8. The molecular weight excluding hydrogens is 838 g/mol. The molecule has 0 radical (unpaired) electrons. The minimum absolute atomic E-state index is 0.0352. The Morgan fingerprint density at radius 2 is 1.53 bits per heavy atom. The monoisotopic (exact) mass is 870 g/mol. The van der Waals surface area contributed by atoms with Crippen molar-refractivity contribution in [3.63, 3.8) is 0 Å². The highest BCUT2D eigenvalue weighted by Crippen LogP contribution is 2.39. The summed E-state index contributed by atoms with van der Waals surface area (Å²) in [7, 11) is 3.37. The van der Waals surface area contributed by atoms with Crippen LogP contribution in [0.4, 0.5) is 49.5 Å². The zero-order valence-corrected chi connectivity index (χ0v) is 33.1. The summed E-state index contributed by atoms with van der Waals surface area (Å²) in [6.07, 6.45) is -3.29. The summed E-state index contributed by atoms with van der Waals surface area (Å²) in [5.41, 5.74) is 5.59. The second-order valence-corrected chi connectivity index (χ2v) is 13.1. The second kappa shape index (κ2) is 20.6. The van der Waals surface area contributed by atoms with E-state index in [9.17, 15) is 41.7 Å². The van der Waals surface area contributed by atoms with Gasteiger partial charge in [-0.1, -0.05) is 53.5 Å². The van der Waals surface area contributed by atoms with Crippen molar-refractivity contribution >= 4 is 57.9 Å². The van der Waals surface area contributed by atoms with Crippen molar-refractivity contribution in [3.05, 3.63) is 170 Å². The molecule has 60 heavy (non-hydrogen) atoms. The summed E-state index contributed by atoms with van der Waals surface area (Å²) in [6, 6.07) is 26.2. The number of nitrogens with two attached hydrogens (primary N) is 1. The first-order chi connectivity index (χ1) is 28.3. The van der Waals surface area contributed by atoms with Crippen LogP contribution in [0.25, 0.3) is 0 Å². The van der Waals surface area contributed by atoms with Crippen LogP contribution < -0.4 is 25.8 Å². The molecule has 5 aromatic carbocycles. The number of urea groups is 1. The third-order valence-electron chi connectivity index (χ3n) is 7.69. The number of pyridine rings is 1. The number of hydrogen-bond acceptors (Lipinski definition) is 8. The number of para-hydroxylation sites is 1. The Hall–Kier alpha value is -6.98. The average Bonchev–Trinajstić information content (AvgIpc) is 3.20. The molecule has 6 aromatic rings. The summed E-state index contributed by atoms with van der Waals surface area (Å²) in [4.78, 5) is 39.1. The van der Waals surface area contributed by atoms with Crippen molar-refractivity contribution in [2.75, 3.05) is 30.5 Å². The molecular formula is C41H33Cl2F5N6O6. The molecule has 0 spiro atoms. The molecule has 12 nitrogen and oxygen atoms in total. The molecule has 3 amide bonds. The molecule has 0 unspecified atom stereocenters. The Bertz CT molecular complexity index is 2480. The number of hydrogen-bond donors (Lipinski definition) is 3. The van der Waals surface area contributed by atoms with Gasteiger partial charge in [-0.15, -0.1) is 0 Å². The van der Waals surface area contributed by atoms with Crippen LogP contribution in [-0.4, -0.2) is 40.8 Å². The first kappa shape index (κ1) is 45.7. The maximum atomic E-state index is 13.7. The number of amides is 3. The Kier molecular flexibility index (Phi) is 15.7. The molecule has 0 aliphatic heterocycles. The van der Waals surface area contributed by atoms with Crippen molar-refractivity contribution in [2.24, 2.45) is 0 Å². The number of alkyl halides is 3. The number of anilines is 3. The lowest BCUT2D eigenvalue weighted by molar-refractivity contribution is -0.383. The van der Waals surface area contributed by atoms with Crippen LogP contribution in [0.1, 0.15) is 21.5 Å². The van der Waals surface area contributed by atoms with Crippen LogP contribution >= 0.6 is 23.2 Å². The lowest BCUT2D eigenvalue weighted by atomic mass is 10.2. The van der Waals surface area contributed by atoms with Crippen LogP contribution in [0, 0.1) is 28.7 Å². The summed E-state index contributed by atoms with van der Waals surface area (Å²) in [6.45, 7) is 1.92. The normalized spacial score (nSPS) is 10.5. The maximum absolute atomic E-state index is 13.7. The predicted molar refractivity (Wildman–Crippen MR) is 218 cm³/mol. The van der Waals surface area contributed by atoms with Crippen molar-refractivity contribution in [2.45, 2.75) is 13.1 Å². The lowest BCUT2D eigenvalue weighted by Crippen LogP contribution is -2.27. The fourth-order valence-electron chi connectivity index (χ4n) is 4.60. The fourth-order valence-corrected chi connectivity index (χ4v) is 4.97. The number of nitrogens with zero attached hydrogens (tertiary/aromatic N) is 3. The first-order valence-electron chi connectivity index (χ1n) is 17.1. The Balaban J connectivity index is 0.000000213. The van der Waals surface area contributed by atoms with Gasteiger partial charge in [0.25, 0.3) is 11.6 Å². The molecule has 1 aromatic heterocycles. The Morgan fingerprint density at radius 3 is 2.17 bits per heavy atom. The van der Waals surface area contributed by atoms with Gasteiger partial charge in [-0.05, 0) is 85.3 Å². The lowest BCUT2D eigenvalue weighted by Gasteiger charge is -2.12. The van der Waals surface area contributed by atoms with E-state index in [1.54, 1.807) is 44.4 Å². The number of rotatable bonds is 8.